The van der Waals surface area contributed by atoms with E-state index in [1.165, 1.54) is 19.3 Å². The Morgan fingerprint density at radius 1 is 1.21 bits per heavy atom. The van der Waals surface area contributed by atoms with Crippen LogP contribution in [-0.4, -0.2) is 22.6 Å². The lowest BCUT2D eigenvalue weighted by Gasteiger charge is -2.43. The summed E-state index contributed by atoms with van der Waals surface area (Å²) in [4.78, 5) is 9.32. The van der Waals surface area contributed by atoms with E-state index in [0.29, 0.717) is 5.92 Å². The fraction of sp³-hybridized carbons (Fsp3) is 0.733. The molecular weight excluding hydrogens is 236 g/mol. The van der Waals surface area contributed by atoms with Crippen molar-refractivity contribution in [2.45, 2.75) is 64.8 Å². The summed E-state index contributed by atoms with van der Waals surface area (Å²) in [5, 5.41) is 6.87. The minimum atomic E-state index is 0.262. The molecule has 1 aliphatic carbocycles. The predicted molar refractivity (Wildman–Crippen MR) is 80.9 cm³/mol. The fourth-order valence-corrected chi connectivity index (χ4v) is 2.58. The fourth-order valence-electron chi connectivity index (χ4n) is 2.58. The molecule has 2 rings (SSSR count). The van der Waals surface area contributed by atoms with Crippen LogP contribution in [0.25, 0.3) is 0 Å². The Morgan fingerprint density at radius 3 is 2.26 bits per heavy atom. The number of nitrogens with one attached hydrogen (secondary N) is 2. The Kier molecular flexibility index (Phi) is 3.97. The smallest absolute Gasteiger partial charge is 0.135 e. The van der Waals surface area contributed by atoms with Gasteiger partial charge in [-0.3, -0.25) is 0 Å². The van der Waals surface area contributed by atoms with Gasteiger partial charge < -0.3 is 10.6 Å². The first-order valence-corrected chi connectivity index (χ1v) is 7.36. The Morgan fingerprint density at radius 2 is 1.84 bits per heavy atom. The van der Waals surface area contributed by atoms with Crippen LogP contribution in [0.5, 0.6) is 0 Å². The molecule has 0 bridgehead atoms. The highest BCUT2D eigenvalue weighted by atomic mass is 15.1. The zero-order valence-electron chi connectivity index (χ0n) is 12.8. The van der Waals surface area contributed by atoms with E-state index in [2.05, 4.69) is 43.3 Å². The molecule has 0 aromatic carbocycles. The van der Waals surface area contributed by atoms with E-state index in [1.807, 2.05) is 7.05 Å². The Balaban J connectivity index is 2.35. The molecule has 0 radical (unpaired) electrons. The van der Waals surface area contributed by atoms with Gasteiger partial charge in [0.15, 0.2) is 0 Å². The first-order chi connectivity index (χ1) is 9.01. The van der Waals surface area contributed by atoms with Gasteiger partial charge in [0.25, 0.3) is 0 Å². The van der Waals surface area contributed by atoms with E-state index in [9.17, 15) is 0 Å². The van der Waals surface area contributed by atoms with Gasteiger partial charge in [-0.05, 0) is 32.6 Å². The summed E-state index contributed by atoms with van der Waals surface area (Å²) in [7, 11) is 1.92. The maximum Gasteiger partial charge on any atom is 0.135 e. The summed E-state index contributed by atoms with van der Waals surface area (Å²) in [6, 6.07) is 0. The molecule has 1 aromatic rings. The number of rotatable bonds is 5. The molecular formula is C15H26N4. The van der Waals surface area contributed by atoms with Crippen LogP contribution in [-0.2, 0) is 0 Å². The third-order valence-electron chi connectivity index (χ3n) is 4.29. The number of anilines is 2. The molecule has 0 amide bonds. The predicted octanol–water partition coefficient (Wildman–Crippen LogP) is 3.69. The average molecular weight is 262 g/mol. The summed E-state index contributed by atoms with van der Waals surface area (Å²) < 4.78 is 0. The van der Waals surface area contributed by atoms with Crippen LogP contribution in [0.1, 0.15) is 63.8 Å². The van der Waals surface area contributed by atoms with Crippen LogP contribution in [0, 0.1) is 6.92 Å². The van der Waals surface area contributed by atoms with Crippen LogP contribution in [0.15, 0.2) is 0 Å². The van der Waals surface area contributed by atoms with Gasteiger partial charge in [-0.15, -0.1) is 0 Å². The first kappa shape index (κ1) is 14.1. The molecule has 4 heteroatoms. The molecule has 1 saturated carbocycles. The molecule has 0 unspecified atom stereocenters. The van der Waals surface area contributed by atoms with E-state index in [4.69, 9.17) is 4.98 Å². The van der Waals surface area contributed by atoms with Crippen molar-refractivity contribution in [2.75, 3.05) is 17.7 Å². The van der Waals surface area contributed by atoms with Crippen molar-refractivity contribution in [3.63, 3.8) is 0 Å². The van der Waals surface area contributed by atoms with Crippen molar-refractivity contribution in [2.24, 2.45) is 0 Å². The molecule has 2 N–H and O–H groups in total. The minimum Gasteiger partial charge on any atom is -0.373 e. The molecule has 0 spiro atoms. The molecule has 1 aromatic heterocycles. The van der Waals surface area contributed by atoms with Gasteiger partial charge in [-0.1, -0.05) is 20.8 Å². The lowest BCUT2D eigenvalue weighted by molar-refractivity contribution is 0.268. The number of hydrogen-bond acceptors (Lipinski definition) is 4. The Labute approximate surface area is 116 Å². The normalized spacial score (nSPS) is 17.2. The average Bonchev–Trinajstić information content (AvgIpc) is 2.35. The van der Waals surface area contributed by atoms with Crippen LogP contribution in [0.3, 0.4) is 0 Å². The maximum atomic E-state index is 4.73. The summed E-state index contributed by atoms with van der Waals surface area (Å²) in [6.07, 6.45) is 4.97. The number of aromatic nitrogens is 2. The largest absolute Gasteiger partial charge is 0.373 e. The highest BCUT2D eigenvalue weighted by molar-refractivity contribution is 5.58. The monoisotopic (exact) mass is 262 g/mol. The number of hydrogen-bond donors (Lipinski definition) is 2. The molecule has 1 heterocycles. The van der Waals surface area contributed by atoms with Gasteiger partial charge in [0.2, 0.25) is 0 Å². The van der Waals surface area contributed by atoms with Gasteiger partial charge in [-0.25, -0.2) is 9.97 Å². The maximum absolute atomic E-state index is 4.73. The molecule has 0 aliphatic heterocycles. The lowest BCUT2D eigenvalue weighted by Crippen LogP contribution is -2.44. The lowest BCUT2D eigenvalue weighted by atomic mass is 9.75. The third-order valence-corrected chi connectivity index (χ3v) is 4.29. The minimum absolute atomic E-state index is 0.262. The van der Waals surface area contributed by atoms with Crippen molar-refractivity contribution in [3.8, 4) is 0 Å². The van der Waals surface area contributed by atoms with Gasteiger partial charge in [0, 0.05) is 24.1 Å². The van der Waals surface area contributed by atoms with Gasteiger partial charge in [0.05, 0.1) is 0 Å². The van der Waals surface area contributed by atoms with E-state index in [-0.39, 0.29) is 5.54 Å². The van der Waals surface area contributed by atoms with Crippen LogP contribution < -0.4 is 10.6 Å². The van der Waals surface area contributed by atoms with E-state index < -0.39 is 0 Å². The second kappa shape index (κ2) is 5.35. The van der Waals surface area contributed by atoms with Crippen molar-refractivity contribution in [3.05, 3.63) is 11.4 Å². The van der Waals surface area contributed by atoms with Gasteiger partial charge >= 0.3 is 0 Å². The zero-order chi connectivity index (χ0) is 14.0. The van der Waals surface area contributed by atoms with Crippen LogP contribution in [0.4, 0.5) is 11.6 Å². The third kappa shape index (κ3) is 2.67. The molecule has 4 nitrogen and oxygen atoms in total. The second-order valence-electron chi connectivity index (χ2n) is 5.92. The standard InChI is InChI=1S/C15H26N4/c1-6-15(8-7-9-15)19-14-11(4)13(16-5)17-12(18-14)10(2)3/h10H,6-9H2,1-5H3,(H2,16,17,18,19). The quantitative estimate of drug-likeness (QED) is 0.849. The highest BCUT2D eigenvalue weighted by Gasteiger charge is 2.35. The molecule has 106 valence electrons. The molecule has 1 aliphatic rings. The molecule has 19 heavy (non-hydrogen) atoms. The summed E-state index contributed by atoms with van der Waals surface area (Å²) in [6.45, 7) is 8.60. The number of nitrogens with zero attached hydrogens (tertiary/aromatic N) is 2. The van der Waals surface area contributed by atoms with Crippen LogP contribution in [0.2, 0.25) is 0 Å². The molecule has 0 atom stereocenters. The second-order valence-corrected chi connectivity index (χ2v) is 5.92. The Bertz CT molecular complexity index is 444. The van der Waals surface area contributed by atoms with Crippen molar-refractivity contribution >= 4 is 11.6 Å². The SMILES string of the molecule is CCC1(Nc2nc(C(C)C)nc(NC)c2C)CCC1. The summed E-state index contributed by atoms with van der Waals surface area (Å²) in [5.74, 6) is 3.19. The summed E-state index contributed by atoms with van der Waals surface area (Å²) in [5.41, 5.74) is 1.38. The van der Waals surface area contributed by atoms with E-state index in [1.54, 1.807) is 0 Å². The van der Waals surface area contributed by atoms with E-state index in [0.717, 1.165) is 29.4 Å². The van der Waals surface area contributed by atoms with Gasteiger partial charge in [-0.2, -0.15) is 0 Å². The molecule has 1 fully saturated rings. The van der Waals surface area contributed by atoms with Crippen molar-refractivity contribution in [1.82, 2.24) is 9.97 Å². The zero-order valence-corrected chi connectivity index (χ0v) is 12.8. The Hall–Kier alpha value is -1.32. The van der Waals surface area contributed by atoms with Crippen molar-refractivity contribution in [1.29, 1.82) is 0 Å². The van der Waals surface area contributed by atoms with E-state index >= 15 is 0 Å². The van der Waals surface area contributed by atoms with Crippen molar-refractivity contribution < 1.29 is 0 Å². The topological polar surface area (TPSA) is 49.8 Å². The molecule has 0 saturated heterocycles. The first-order valence-electron chi connectivity index (χ1n) is 7.36. The van der Waals surface area contributed by atoms with Crippen LogP contribution >= 0.6 is 0 Å². The highest BCUT2D eigenvalue weighted by Crippen LogP contribution is 2.38. The summed E-state index contributed by atoms with van der Waals surface area (Å²) >= 11 is 0. The van der Waals surface area contributed by atoms with Gasteiger partial charge in [0.1, 0.15) is 17.5 Å².